The SMILES string of the molecule is CCOC(C)(C)CNc1cc(C)ncc1C(=O)O. The molecule has 0 bridgehead atoms. The molecule has 0 saturated heterocycles. The lowest BCUT2D eigenvalue weighted by Gasteiger charge is -2.25. The largest absolute Gasteiger partial charge is 0.478 e. The molecule has 0 atom stereocenters. The monoisotopic (exact) mass is 252 g/mol. The Labute approximate surface area is 107 Å². The Kier molecular flexibility index (Phi) is 4.67. The van der Waals surface area contributed by atoms with Gasteiger partial charge in [-0.25, -0.2) is 4.79 Å². The lowest BCUT2D eigenvalue weighted by atomic mass is 10.1. The maximum Gasteiger partial charge on any atom is 0.339 e. The van der Waals surface area contributed by atoms with E-state index in [9.17, 15) is 4.79 Å². The van der Waals surface area contributed by atoms with Crippen molar-refractivity contribution in [2.24, 2.45) is 0 Å². The van der Waals surface area contributed by atoms with Crippen LogP contribution in [0.25, 0.3) is 0 Å². The summed E-state index contributed by atoms with van der Waals surface area (Å²) >= 11 is 0. The summed E-state index contributed by atoms with van der Waals surface area (Å²) in [6.45, 7) is 8.82. The third-order valence-corrected chi connectivity index (χ3v) is 2.51. The second-order valence-corrected chi connectivity index (χ2v) is 4.72. The van der Waals surface area contributed by atoms with Crippen LogP contribution in [0.15, 0.2) is 12.3 Å². The van der Waals surface area contributed by atoms with Crippen LogP contribution in [0.4, 0.5) is 5.69 Å². The van der Waals surface area contributed by atoms with E-state index in [2.05, 4.69) is 10.3 Å². The quantitative estimate of drug-likeness (QED) is 0.813. The lowest BCUT2D eigenvalue weighted by Crippen LogP contribution is -2.33. The summed E-state index contributed by atoms with van der Waals surface area (Å²) < 4.78 is 5.56. The molecular formula is C13H20N2O3. The number of carboxylic acids is 1. The van der Waals surface area contributed by atoms with E-state index in [-0.39, 0.29) is 11.2 Å². The van der Waals surface area contributed by atoms with Crippen LogP contribution in [0.1, 0.15) is 36.8 Å². The highest BCUT2D eigenvalue weighted by atomic mass is 16.5. The third-order valence-electron chi connectivity index (χ3n) is 2.51. The molecule has 18 heavy (non-hydrogen) atoms. The van der Waals surface area contributed by atoms with Gasteiger partial charge in [-0.3, -0.25) is 4.98 Å². The third kappa shape index (κ3) is 4.00. The number of hydrogen-bond donors (Lipinski definition) is 2. The van der Waals surface area contributed by atoms with Gasteiger partial charge in [0.05, 0.1) is 11.3 Å². The van der Waals surface area contributed by atoms with E-state index in [1.807, 2.05) is 27.7 Å². The van der Waals surface area contributed by atoms with Crippen LogP contribution in [-0.4, -0.2) is 34.8 Å². The molecule has 0 aliphatic rings. The second-order valence-electron chi connectivity index (χ2n) is 4.72. The van der Waals surface area contributed by atoms with Crippen molar-refractivity contribution >= 4 is 11.7 Å². The average Bonchev–Trinajstić information content (AvgIpc) is 2.26. The molecule has 0 spiro atoms. The number of aryl methyl sites for hydroxylation is 1. The number of nitrogens with zero attached hydrogens (tertiary/aromatic N) is 1. The van der Waals surface area contributed by atoms with Gasteiger partial charge in [-0.2, -0.15) is 0 Å². The first-order valence-corrected chi connectivity index (χ1v) is 5.93. The number of hydrogen-bond acceptors (Lipinski definition) is 4. The van der Waals surface area contributed by atoms with Crippen LogP contribution >= 0.6 is 0 Å². The standard InChI is InChI=1S/C13H20N2O3/c1-5-18-13(3,4)8-15-11-6-9(2)14-7-10(11)12(16)17/h6-7H,5,8H2,1-4H3,(H,14,15)(H,16,17). The normalized spacial score (nSPS) is 11.3. The van der Waals surface area contributed by atoms with Gasteiger partial charge in [-0.1, -0.05) is 0 Å². The number of rotatable bonds is 6. The van der Waals surface area contributed by atoms with E-state index in [1.165, 1.54) is 6.20 Å². The maximum atomic E-state index is 11.1. The molecule has 1 aromatic heterocycles. The molecule has 0 aliphatic heterocycles. The van der Waals surface area contributed by atoms with E-state index < -0.39 is 5.97 Å². The highest BCUT2D eigenvalue weighted by Crippen LogP contribution is 2.18. The molecule has 0 radical (unpaired) electrons. The first-order chi connectivity index (χ1) is 8.35. The van der Waals surface area contributed by atoms with Gasteiger partial charge in [0, 0.05) is 25.0 Å². The zero-order valence-electron chi connectivity index (χ0n) is 11.3. The average molecular weight is 252 g/mol. The summed E-state index contributed by atoms with van der Waals surface area (Å²) in [5.74, 6) is -0.987. The predicted octanol–water partition coefficient (Wildman–Crippen LogP) is 2.32. The number of pyridine rings is 1. The van der Waals surface area contributed by atoms with Crippen LogP contribution in [0, 0.1) is 6.92 Å². The number of anilines is 1. The molecule has 2 N–H and O–H groups in total. The zero-order chi connectivity index (χ0) is 13.8. The highest BCUT2D eigenvalue weighted by molar-refractivity contribution is 5.93. The van der Waals surface area contributed by atoms with Crippen LogP contribution in [0.5, 0.6) is 0 Å². The number of ether oxygens (including phenoxy) is 1. The molecule has 0 unspecified atom stereocenters. The van der Waals surface area contributed by atoms with Crippen molar-refractivity contribution in [3.05, 3.63) is 23.5 Å². The Bertz CT molecular complexity index is 430. The molecule has 0 saturated carbocycles. The van der Waals surface area contributed by atoms with Crippen molar-refractivity contribution in [3.8, 4) is 0 Å². The van der Waals surface area contributed by atoms with Crippen LogP contribution < -0.4 is 5.32 Å². The molecule has 1 aromatic rings. The van der Waals surface area contributed by atoms with Crippen molar-refractivity contribution in [1.82, 2.24) is 4.98 Å². The fraction of sp³-hybridized carbons (Fsp3) is 0.538. The smallest absolute Gasteiger partial charge is 0.339 e. The molecule has 1 rings (SSSR count). The summed E-state index contributed by atoms with van der Waals surface area (Å²) in [6, 6.07) is 1.73. The number of carbonyl (C=O) groups is 1. The van der Waals surface area contributed by atoms with Gasteiger partial charge in [0.1, 0.15) is 5.56 Å². The minimum atomic E-state index is -0.987. The second kappa shape index (κ2) is 5.82. The number of aromatic nitrogens is 1. The molecule has 0 fully saturated rings. The van der Waals surface area contributed by atoms with Crippen molar-refractivity contribution in [1.29, 1.82) is 0 Å². The van der Waals surface area contributed by atoms with Crippen molar-refractivity contribution < 1.29 is 14.6 Å². The molecule has 0 aliphatic carbocycles. The van der Waals surface area contributed by atoms with Crippen molar-refractivity contribution in [2.75, 3.05) is 18.5 Å². The first kappa shape index (κ1) is 14.4. The van der Waals surface area contributed by atoms with Gasteiger partial charge in [-0.05, 0) is 33.8 Å². The predicted molar refractivity (Wildman–Crippen MR) is 70.1 cm³/mol. The molecule has 0 aromatic carbocycles. The highest BCUT2D eigenvalue weighted by Gasteiger charge is 2.19. The minimum absolute atomic E-state index is 0.174. The Balaban J connectivity index is 2.83. The van der Waals surface area contributed by atoms with Crippen molar-refractivity contribution in [2.45, 2.75) is 33.3 Å². The van der Waals surface area contributed by atoms with Crippen LogP contribution in [0.3, 0.4) is 0 Å². The van der Waals surface area contributed by atoms with Gasteiger partial charge >= 0.3 is 5.97 Å². The number of nitrogens with one attached hydrogen (secondary N) is 1. The van der Waals surface area contributed by atoms with Crippen molar-refractivity contribution in [3.63, 3.8) is 0 Å². The van der Waals surface area contributed by atoms with E-state index >= 15 is 0 Å². The summed E-state index contributed by atoms with van der Waals surface area (Å²) in [5.41, 5.74) is 1.18. The Morgan fingerprint density at radius 3 is 2.78 bits per heavy atom. The number of aromatic carboxylic acids is 1. The molecule has 0 amide bonds. The van der Waals surface area contributed by atoms with Gasteiger partial charge in [-0.15, -0.1) is 0 Å². The topological polar surface area (TPSA) is 71.5 Å². The molecular weight excluding hydrogens is 232 g/mol. The summed E-state index contributed by atoms with van der Waals surface area (Å²) in [4.78, 5) is 15.1. The van der Waals surface area contributed by atoms with Crippen LogP contribution in [-0.2, 0) is 4.74 Å². The van der Waals surface area contributed by atoms with Gasteiger partial charge in [0.15, 0.2) is 0 Å². The summed E-state index contributed by atoms with van der Waals surface area (Å²) in [6.07, 6.45) is 1.37. The lowest BCUT2D eigenvalue weighted by molar-refractivity contribution is 0.000656. The Morgan fingerprint density at radius 2 is 2.22 bits per heavy atom. The van der Waals surface area contributed by atoms with E-state index in [4.69, 9.17) is 9.84 Å². The zero-order valence-corrected chi connectivity index (χ0v) is 11.3. The maximum absolute atomic E-state index is 11.1. The van der Waals surface area contributed by atoms with E-state index in [0.717, 1.165) is 5.69 Å². The van der Waals surface area contributed by atoms with Gasteiger partial charge < -0.3 is 15.2 Å². The Hall–Kier alpha value is -1.62. The van der Waals surface area contributed by atoms with Gasteiger partial charge in [0.2, 0.25) is 0 Å². The molecule has 100 valence electrons. The van der Waals surface area contributed by atoms with Crippen LogP contribution in [0.2, 0.25) is 0 Å². The number of carboxylic acid groups (broad SMARTS) is 1. The summed E-state index contributed by atoms with van der Waals surface area (Å²) in [7, 11) is 0. The van der Waals surface area contributed by atoms with E-state index in [0.29, 0.717) is 18.8 Å². The minimum Gasteiger partial charge on any atom is -0.478 e. The fourth-order valence-corrected chi connectivity index (χ4v) is 1.63. The molecule has 5 nitrogen and oxygen atoms in total. The summed E-state index contributed by atoms with van der Waals surface area (Å²) in [5, 5.41) is 12.2. The fourth-order valence-electron chi connectivity index (χ4n) is 1.63. The molecule has 5 heteroatoms. The Morgan fingerprint density at radius 1 is 1.56 bits per heavy atom. The van der Waals surface area contributed by atoms with Gasteiger partial charge in [0.25, 0.3) is 0 Å². The first-order valence-electron chi connectivity index (χ1n) is 5.93. The van der Waals surface area contributed by atoms with E-state index in [1.54, 1.807) is 6.07 Å². The molecule has 1 heterocycles.